The average Bonchev–Trinajstić information content (AvgIpc) is 3.38. The van der Waals surface area contributed by atoms with Crippen LogP contribution in [0.1, 0.15) is 37.3 Å². The van der Waals surface area contributed by atoms with Crippen molar-refractivity contribution >= 4 is 21.6 Å². The summed E-state index contributed by atoms with van der Waals surface area (Å²) in [6.45, 7) is 1.20. The number of ether oxygens (including phenoxy) is 1. The first-order valence-corrected chi connectivity index (χ1v) is 11.0. The highest BCUT2D eigenvalue weighted by atomic mass is 32.2. The van der Waals surface area contributed by atoms with Crippen molar-refractivity contribution in [3.63, 3.8) is 0 Å². The van der Waals surface area contributed by atoms with Gasteiger partial charge in [0.25, 0.3) is 0 Å². The molecule has 2 aliphatic heterocycles. The summed E-state index contributed by atoms with van der Waals surface area (Å²) in [7, 11) is -2.00. The number of amides is 1. The van der Waals surface area contributed by atoms with E-state index in [0.29, 0.717) is 19.5 Å². The number of hydrogen-bond donors (Lipinski definition) is 0. The van der Waals surface area contributed by atoms with Crippen molar-refractivity contribution in [3.8, 4) is 5.75 Å². The van der Waals surface area contributed by atoms with Crippen molar-refractivity contribution in [2.24, 2.45) is 0 Å². The Morgan fingerprint density at radius 2 is 1.68 bits per heavy atom. The third-order valence-corrected chi connectivity index (χ3v) is 7.46. The Hall–Kier alpha value is -2.38. The molecule has 2 fully saturated rings. The highest BCUT2D eigenvalue weighted by molar-refractivity contribution is 7.89. The molecule has 0 radical (unpaired) electrons. The smallest absolute Gasteiger partial charge is 0.243 e. The quantitative estimate of drug-likeness (QED) is 0.772. The van der Waals surface area contributed by atoms with Crippen molar-refractivity contribution in [2.45, 2.75) is 36.6 Å². The number of carbonyl (C=O) groups excluding carboxylic acids is 1. The highest BCUT2D eigenvalue weighted by Crippen LogP contribution is 2.37. The van der Waals surface area contributed by atoms with E-state index in [2.05, 4.69) is 0 Å². The molecule has 2 saturated heterocycles. The van der Waals surface area contributed by atoms with Crippen LogP contribution in [0.15, 0.2) is 53.4 Å². The van der Waals surface area contributed by atoms with Gasteiger partial charge in [0, 0.05) is 25.2 Å². The Labute approximate surface area is 165 Å². The molecule has 1 amide bonds. The minimum atomic E-state index is -3.61. The SMILES string of the molecule is COc1ccc(C2CCCN2S(=O)(=O)c2ccc(N3CCCC3=O)cc2)cc1. The van der Waals surface area contributed by atoms with Crippen LogP contribution in [0.25, 0.3) is 0 Å². The summed E-state index contributed by atoms with van der Waals surface area (Å²) < 4.78 is 33.3. The predicted molar refractivity (Wildman–Crippen MR) is 107 cm³/mol. The van der Waals surface area contributed by atoms with Gasteiger partial charge in [0.2, 0.25) is 15.9 Å². The van der Waals surface area contributed by atoms with E-state index in [0.717, 1.165) is 36.3 Å². The topological polar surface area (TPSA) is 66.9 Å². The monoisotopic (exact) mass is 400 g/mol. The molecule has 2 aromatic carbocycles. The Morgan fingerprint density at radius 1 is 0.964 bits per heavy atom. The zero-order chi connectivity index (χ0) is 19.7. The lowest BCUT2D eigenvalue weighted by molar-refractivity contribution is -0.117. The molecule has 0 aliphatic carbocycles. The summed E-state index contributed by atoms with van der Waals surface area (Å²) in [5, 5.41) is 0. The fraction of sp³-hybridized carbons (Fsp3) is 0.381. The van der Waals surface area contributed by atoms with E-state index in [1.807, 2.05) is 24.3 Å². The summed E-state index contributed by atoms with van der Waals surface area (Å²) in [6.07, 6.45) is 3.02. The Bertz CT molecular complexity index is 955. The molecule has 2 heterocycles. The molecule has 148 valence electrons. The van der Waals surface area contributed by atoms with Crippen molar-refractivity contribution in [3.05, 3.63) is 54.1 Å². The number of rotatable bonds is 5. The maximum atomic E-state index is 13.3. The van der Waals surface area contributed by atoms with Crippen LogP contribution >= 0.6 is 0 Å². The predicted octanol–water partition coefficient (Wildman–Crippen LogP) is 3.35. The van der Waals surface area contributed by atoms with Gasteiger partial charge in [-0.05, 0) is 61.2 Å². The van der Waals surface area contributed by atoms with Crippen molar-refractivity contribution < 1.29 is 17.9 Å². The second-order valence-electron chi connectivity index (χ2n) is 7.19. The zero-order valence-electron chi connectivity index (χ0n) is 15.9. The minimum absolute atomic E-state index is 0.0923. The van der Waals surface area contributed by atoms with Crippen LogP contribution in [-0.4, -0.2) is 38.8 Å². The lowest BCUT2D eigenvalue weighted by atomic mass is 10.1. The number of methoxy groups -OCH3 is 1. The van der Waals surface area contributed by atoms with Gasteiger partial charge in [-0.25, -0.2) is 8.42 Å². The average molecular weight is 401 g/mol. The first kappa shape index (κ1) is 19.0. The lowest BCUT2D eigenvalue weighted by Crippen LogP contribution is -2.30. The van der Waals surface area contributed by atoms with E-state index in [4.69, 9.17) is 4.74 Å². The molecule has 0 N–H and O–H groups in total. The fourth-order valence-corrected chi connectivity index (χ4v) is 5.72. The molecule has 0 saturated carbocycles. The van der Waals surface area contributed by atoms with Gasteiger partial charge in [0.1, 0.15) is 5.75 Å². The van der Waals surface area contributed by atoms with Crippen LogP contribution in [0.3, 0.4) is 0 Å². The number of hydrogen-bond acceptors (Lipinski definition) is 4. The molecule has 7 heteroatoms. The number of sulfonamides is 1. The molecule has 0 aromatic heterocycles. The molecule has 1 unspecified atom stereocenters. The molecule has 0 spiro atoms. The molecule has 1 atom stereocenters. The van der Waals surface area contributed by atoms with E-state index in [1.54, 1.807) is 40.6 Å². The van der Waals surface area contributed by atoms with Crippen molar-refractivity contribution in [1.82, 2.24) is 4.31 Å². The standard InChI is InChI=1S/C21H24N2O4S/c1-27-18-10-6-16(7-11-18)20-4-2-15-23(20)28(25,26)19-12-8-17(9-13-19)22-14-3-5-21(22)24/h6-13,20H,2-5,14-15H2,1H3. The molecule has 28 heavy (non-hydrogen) atoms. The third-order valence-electron chi connectivity index (χ3n) is 5.53. The molecular weight excluding hydrogens is 376 g/mol. The third kappa shape index (κ3) is 3.40. The number of benzene rings is 2. The van der Waals surface area contributed by atoms with Gasteiger partial charge in [-0.1, -0.05) is 12.1 Å². The Balaban J connectivity index is 1.58. The van der Waals surface area contributed by atoms with Gasteiger partial charge in [0.05, 0.1) is 18.0 Å². The van der Waals surface area contributed by atoms with Crippen LogP contribution in [0.2, 0.25) is 0 Å². The lowest BCUT2D eigenvalue weighted by Gasteiger charge is -2.25. The van der Waals surface area contributed by atoms with E-state index in [9.17, 15) is 13.2 Å². The molecule has 4 rings (SSSR count). The van der Waals surface area contributed by atoms with Gasteiger partial charge in [-0.15, -0.1) is 0 Å². The van der Waals surface area contributed by atoms with E-state index in [1.165, 1.54) is 0 Å². The minimum Gasteiger partial charge on any atom is -0.497 e. The number of anilines is 1. The van der Waals surface area contributed by atoms with Crippen LogP contribution < -0.4 is 9.64 Å². The normalized spacial score (nSPS) is 20.7. The molecule has 6 nitrogen and oxygen atoms in total. The van der Waals surface area contributed by atoms with Gasteiger partial charge in [0.15, 0.2) is 0 Å². The number of carbonyl (C=O) groups is 1. The van der Waals surface area contributed by atoms with E-state index >= 15 is 0 Å². The highest BCUT2D eigenvalue weighted by Gasteiger charge is 2.36. The van der Waals surface area contributed by atoms with Crippen molar-refractivity contribution in [2.75, 3.05) is 25.1 Å². The first-order chi connectivity index (χ1) is 13.5. The maximum absolute atomic E-state index is 13.3. The Morgan fingerprint density at radius 3 is 2.29 bits per heavy atom. The van der Waals surface area contributed by atoms with Gasteiger partial charge < -0.3 is 9.64 Å². The second-order valence-corrected chi connectivity index (χ2v) is 9.08. The summed E-state index contributed by atoms with van der Waals surface area (Å²) in [4.78, 5) is 13.9. The van der Waals surface area contributed by atoms with Gasteiger partial charge in [-0.3, -0.25) is 4.79 Å². The van der Waals surface area contributed by atoms with Crippen LogP contribution in [0.4, 0.5) is 5.69 Å². The summed E-state index contributed by atoms with van der Waals surface area (Å²) >= 11 is 0. The second kappa shape index (κ2) is 7.56. The van der Waals surface area contributed by atoms with Crippen LogP contribution in [0.5, 0.6) is 5.75 Å². The van der Waals surface area contributed by atoms with Crippen LogP contribution in [-0.2, 0) is 14.8 Å². The largest absolute Gasteiger partial charge is 0.497 e. The molecule has 0 bridgehead atoms. The summed E-state index contributed by atoms with van der Waals surface area (Å²) in [6, 6.07) is 14.1. The van der Waals surface area contributed by atoms with Crippen molar-refractivity contribution in [1.29, 1.82) is 0 Å². The van der Waals surface area contributed by atoms with Gasteiger partial charge in [-0.2, -0.15) is 4.31 Å². The van der Waals surface area contributed by atoms with E-state index < -0.39 is 10.0 Å². The van der Waals surface area contributed by atoms with Gasteiger partial charge >= 0.3 is 0 Å². The summed E-state index contributed by atoms with van der Waals surface area (Å²) in [5.74, 6) is 0.845. The Kier molecular flexibility index (Phi) is 5.12. The molecule has 2 aliphatic rings. The molecule has 2 aromatic rings. The van der Waals surface area contributed by atoms with E-state index in [-0.39, 0.29) is 16.8 Å². The number of nitrogens with zero attached hydrogens (tertiary/aromatic N) is 2. The first-order valence-electron chi connectivity index (χ1n) is 9.57. The fourth-order valence-electron chi connectivity index (χ4n) is 4.04. The molecular formula is C21H24N2O4S. The maximum Gasteiger partial charge on any atom is 0.243 e. The zero-order valence-corrected chi connectivity index (χ0v) is 16.7. The summed E-state index contributed by atoms with van der Waals surface area (Å²) in [5.41, 5.74) is 1.73. The van der Waals surface area contributed by atoms with Crippen LogP contribution in [0, 0.1) is 0 Å².